The minimum atomic E-state index is -1.45. The summed E-state index contributed by atoms with van der Waals surface area (Å²) < 4.78 is 5.99. The van der Waals surface area contributed by atoms with Gasteiger partial charge in [-0.15, -0.1) is 0 Å². The van der Waals surface area contributed by atoms with Crippen LogP contribution in [0.1, 0.15) is 58.3 Å². The van der Waals surface area contributed by atoms with Gasteiger partial charge in [0.2, 0.25) is 23.7 Å². The Hall–Kier alpha value is -2.23. The number of carbonyl (C=O) groups is 3. The first-order valence-electron chi connectivity index (χ1n) is 12.7. The number of carbonyl (C=O) groups excluding carboxylic acids is 3. The van der Waals surface area contributed by atoms with Crippen LogP contribution >= 0.6 is 11.6 Å². The molecule has 3 atom stereocenters. The Morgan fingerprint density at radius 2 is 2.11 bits per heavy atom. The van der Waals surface area contributed by atoms with Crippen molar-refractivity contribution in [3.63, 3.8) is 0 Å². The first-order chi connectivity index (χ1) is 16.9. The van der Waals surface area contributed by atoms with E-state index in [-0.39, 0.29) is 43.3 Å². The van der Waals surface area contributed by atoms with Gasteiger partial charge in [0.1, 0.15) is 12.0 Å². The normalized spacial score (nSPS) is 28.3. The van der Waals surface area contributed by atoms with E-state index in [1.807, 2.05) is 6.92 Å². The lowest BCUT2D eigenvalue weighted by Crippen LogP contribution is -2.54. The Morgan fingerprint density at radius 3 is 2.83 bits per heavy atom. The minimum absolute atomic E-state index is 0.00737. The van der Waals surface area contributed by atoms with Crippen molar-refractivity contribution in [3.05, 3.63) is 23.9 Å². The summed E-state index contributed by atoms with van der Waals surface area (Å²) in [5, 5.41) is 10.6. The van der Waals surface area contributed by atoms with Crippen LogP contribution in [0.2, 0.25) is 0 Å². The van der Waals surface area contributed by atoms with Gasteiger partial charge < -0.3 is 14.7 Å². The third-order valence-electron chi connectivity index (χ3n) is 7.25. The molecule has 2 heterocycles. The summed E-state index contributed by atoms with van der Waals surface area (Å²) in [6.07, 6.45) is 12.1. The summed E-state index contributed by atoms with van der Waals surface area (Å²) in [6, 6.07) is -0.617. The van der Waals surface area contributed by atoms with Crippen molar-refractivity contribution in [1.29, 1.82) is 0 Å². The summed E-state index contributed by atoms with van der Waals surface area (Å²) >= 11 is 6.82. The molecule has 10 heteroatoms. The van der Waals surface area contributed by atoms with E-state index >= 15 is 0 Å². The van der Waals surface area contributed by atoms with E-state index in [2.05, 4.69) is 10.3 Å². The summed E-state index contributed by atoms with van der Waals surface area (Å²) in [4.78, 5) is 46.1. The molecule has 0 radical (unpaired) electrons. The van der Waals surface area contributed by atoms with E-state index in [9.17, 15) is 19.5 Å². The number of allylic oxidation sites excluding steroid dienone is 2. The SMILES string of the molecule is CCC1C(=O)NC2=NC3=CC=CC(Cl)(OCCCC(=O)N(CCO)CC4CCCCC4)C3C(=O)N21. The van der Waals surface area contributed by atoms with Crippen molar-refractivity contribution in [2.75, 3.05) is 26.3 Å². The Kier molecular flexibility index (Phi) is 8.29. The van der Waals surface area contributed by atoms with Gasteiger partial charge in [-0.05, 0) is 43.8 Å². The van der Waals surface area contributed by atoms with E-state index < -0.39 is 17.0 Å². The predicted octanol–water partition coefficient (Wildman–Crippen LogP) is 2.30. The molecule has 2 aliphatic carbocycles. The van der Waals surface area contributed by atoms with Crippen LogP contribution in [0.15, 0.2) is 28.9 Å². The Morgan fingerprint density at radius 1 is 1.34 bits per heavy atom. The highest BCUT2D eigenvalue weighted by Crippen LogP contribution is 2.42. The molecule has 3 amide bonds. The molecule has 0 spiro atoms. The molecule has 2 fully saturated rings. The summed E-state index contributed by atoms with van der Waals surface area (Å²) in [7, 11) is 0. The van der Waals surface area contributed by atoms with Crippen molar-refractivity contribution in [2.45, 2.75) is 69.4 Å². The molecule has 192 valence electrons. The molecule has 9 nitrogen and oxygen atoms in total. The molecule has 0 aromatic rings. The number of aliphatic hydroxyl groups is 1. The number of hydrogen-bond acceptors (Lipinski definition) is 6. The average molecular weight is 507 g/mol. The van der Waals surface area contributed by atoms with Gasteiger partial charge in [0.25, 0.3) is 0 Å². The van der Waals surface area contributed by atoms with Crippen molar-refractivity contribution in [2.24, 2.45) is 16.8 Å². The standard InChI is InChI=1S/C25H35ClN4O5/c1-2-19-22(33)28-24-27-18-10-6-12-25(26,21(18)23(34)30(19)24)35-15-7-11-20(32)29(13-14-31)16-17-8-4-3-5-9-17/h6,10,12,17,19,21,31H,2-5,7-9,11,13-16H2,1H3,(H,27,28,33). The monoisotopic (exact) mass is 506 g/mol. The lowest BCUT2D eigenvalue weighted by molar-refractivity contribution is -0.140. The van der Waals surface area contributed by atoms with Crippen LogP contribution < -0.4 is 5.32 Å². The number of halogens is 1. The van der Waals surface area contributed by atoms with Crippen LogP contribution in [-0.4, -0.2) is 76.0 Å². The molecular formula is C25H35ClN4O5. The highest BCUT2D eigenvalue weighted by Gasteiger charge is 2.54. The van der Waals surface area contributed by atoms with Crippen LogP contribution in [0.25, 0.3) is 0 Å². The first-order valence-corrected chi connectivity index (χ1v) is 13.1. The van der Waals surface area contributed by atoms with Gasteiger partial charge in [0.15, 0.2) is 5.06 Å². The summed E-state index contributed by atoms with van der Waals surface area (Å²) in [5.41, 5.74) is 0.438. The van der Waals surface area contributed by atoms with Crippen LogP contribution in [0, 0.1) is 11.8 Å². The van der Waals surface area contributed by atoms with Crippen molar-refractivity contribution in [3.8, 4) is 0 Å². The number of ether oxygens (including phenoxy) is 1. The molecule has 0 aromatic carbocycles. The fourth-order valence-corrected chi connectivity index (χ4v) is 5.77. The number of aliphatic hydroxyl groups excluding tert-OH is 1. The van der Waals surface area contributed by atoms with Gasteiger partial charge in [0, 0.05) is 26.1 Å². The fourth-order valence-electron chi connectivity index (χ4n) is 5.42. The maximum Gasteiger partial charge on any atom is 0.249 e. The molecule has 1 saturated heterocycles. The molecule has 4 rings (SSSR count). The van der Waals surface area contributed by atoms with E-state index in [0.717, 1.165) is 12.8 Å². The Bertz CT molecular complexity index is 929. The number of amides is 3. The van der Waals surface area contributed by atoms with E-state index in [1.54, 1.807) is 23.1 Å². The zero-order valence-corrected chi connectivity index (χ0v) is 21.0. The molecule has 2 aliphatic heterocycles. The number of rotatable bonds is 10. The van der Waals surface area contributed by atoms with Crippen LogP contribution in [-0.2, 0) is 19.1 Å². The van der Waals surface area contributed by atoms with Crippen molar-refractivity contribution in [1.82, 2.24) is 15.1 Å². The third-order valence-corrected chi connectivity index (χ3v) is 7.70. The zero-order valence-electron chi connectivity index (χ0n) is 20.2. The van der Waals surface area contributed by atoms with E-state index in [0.29, 0.717) is 37.5 Å². The Balaban J connectivity index is 1.34. The summed E-state index contributed by atoms with van der Waals surface area (Å²) in [5.74, 6) is -0.743. The number of nitrogens with one attached hydrogen (secondary N) is 1. The molecule has 1 saturated carbocycles. The number of nitrogens with zero attached hydrogens (tertiary/aromatic N) is 3. The van der Waals surface area contributed by atoms with Gasteiger partial charge in [0.05, 0.1) is 12.3 Å². The average Bonchev–Trinajstić information content (AvgIpc) is 3.17. The molecule has 35 heavy (non-hydrogen) atoms. The number of alkyl halides is 1. The van der Waals surface area contributed by atoms with Crippen molar-refractivity contribution < 1.29 is 24.2 Å². The van der Waals surface area contributed by atoms with Crippen LogP contribution in [0.5, 0.6) is 0 Å². The van der Waals surface area contributed by atoms with Gasteiger partial charge in [-0.25, -0.2) is 4.99 Å². The van der Waals surface area contributed by atoms with E-state index in [4.69, 9.17) is 16.3 Å². The highest BCUT2D eigenvalue weighted by molar-refractivity contribution is 6.27. The van der Waals surface area contributed by atoms with E-state index in [1.165, 1.54) is 24.2 Å². The summed E-state index contributed by atoms with van der Waals surface area (Å²) in [6.45, 7) is 2.98. The lowest BCUT2D eigenvalue weighted by Gasteiger charge is -2.39. The fraction of sp³-hybridized carbons (Fsp3) is 0.680. The second kappa shape index (κ2) is 11.2. The number of aliphatic imine (C=N–C) groups is 1. The molecule has 2 N–H and O–H groups in total. The molecule has 4 aliphatic rings. The third kappa shape index (κ3) is 5.47. The molecule has 3 unspecified atom stereocenters. The topological polar surface area (TPSA) is 112 Å². The van der Waals surface area contributed by atoms with Gasteiger partial charge in [-0.1, -0.05) is 43.9 Å². The lowest BCUT2D eigenvalue weighted by atomic mass is 9.89. The van der Waals surface area contributed by atoms with Gasteiger partial charge in [-0.3, -0.25) is 24.6 Å². The zero-order chi connectivity index (χ0) is 25.0. The largest absolute Gasteiger partial charge is 0.395 e. The number of hydrogen-bond donors (Lipinski definition) is 2. The number of guanidine groups is 1. The van der Waals surface area contributed by atoms with Crippen molar-refractivity contribution >= 4 is 35.3 Å². The van der Waals surface area contributed by atoms with Crippen LogP contribution in [0.4, 0.5) is 0 Å². The first kappa shape index (κ1) is 25.9. The second-order valence-electron chi connectivity index (χ2n) is 9.66. The quantitative estimate of drug-likeness (QED) is 0.349. The molecule has 0 aromatic heterocycles. The number of fused-ring (bicyclic) bond motifs is 2. The second-order valence-corrected chi connectivity index (χ2v) is 10.2. The van der Waals surface area contributed by atoms with Crippen LogP contribution in [0.3, 0.4) is 0 Å². The van der Waals surface area contributed by atoms with Gasteiger partial charge >= 0.3 is 0 Å². The molecular weight excluding hydrogens is 472 g/mol. The predicted molar refractivity (Wildman–Crippen MR) is 131 cm³/mol. The van der Waals surface area contributed by atoms with Gasteiger partial charge in [-0.2, -0.15) is 0 Å². The smallest absolute Gasteiger partial charge is 0.249 e. The minimum Gasteiger partial charge on any atom is -0.395 e. The molecule has 0 bridgehead atoms. The Labute approximate surface area is 211 Å². The highest BCUT2D eigenvalue weighted by atomic mass is 35.5. The maximum atomic E-state index is 13.4. The maximum absolute atomic E-state index is 13.4.